The highest BCUT2D eigenvalue weighted by Gasteiger charge is 2.37. The molecular formula is C7H12N2O. The van der Waals surface area contributed by atoms with E-state index in [2.05, 4.69) is 17.2 Å². The second kappa shape index (κ2) is 2.84. The highest BCUT2D eigenvalue weighted by molar-refractivity contribution is 5.85. The fraction of sp³-hybridized carbons (Fsp3) is 0.571. The van der Waals surface area contributed by atoms with E-state index >= 15 is 0 Å². The molecular weight excluding hydrogens is 128 g/mol. The first kappa shape index (κ1) is 7.28. The van der Waals surface area contributed by atoms with Crippen LogP contribution in [0.1, 0.15) is 6.92 Å². The van der Waals surface area contributed by atoms with Crippen LogP contribution in [0.4, 0.5) is 0 Å². The molecule has 0 aromatic carbocycles. The van der Waals surface area contributed by atoms with Gasteiger partial charge in [-0.05, 0) is 6.92 Å². The Labute approximate surface area is 60.5 Å². The molecule has 0 saturated carbocycles. The first-order chi connectivity index (χ1) is 4.75. The zero-order valence-electron chi connectivity index (χ0n) is 6.05. The summed E-state index contributed by atoms with van der Waals surface area (Å²) in [4.78, 5) is 11.0. The van der Waals surface area contributed by atoms with Crippen molar-refractivity contribution in [3.05, 3.63) is 12.7 Å². The van der Waals surface area contributed by atoms with E-state index in [0.29, 0.717) is 12.6 Å². The van der Waals surface area contributed by atoms with Gasteiger partial charge in [-0.2, -0.15) is 0 Å². The molecule has 0 aromatic rings. The van der Waals surface area contributed by atoms with E-state index in [1.165, 1.54) is 0 Å². The maximum absolute atomic E-state index is 11.0. The summed E-state index contributed by atoms with van der Waals surface area (Å²) in [6.45, 7) is 6.04. The van der Waals surface area contributed by atoms with Crippen LogP contribution < -0.4 is 10.6 Å². The summed E-state index contributed by atoms with van der Waals surface area (Å²) in [6, 6.07) is 0.393. The summed E-state index contributed by atoms with van der Waals surface area (Å²) < 4.78 is 0. The first-order valence-corrected chi connectivity index (χ1v) is 3.40. The fourth-order valence-corrected chi connectivity index (χ4v) is 0.813. The Morgan fingerprint density at radius 2 is 2.50 bits per heavy atom. The van der Waals surface area contributed by atoms with Crippen molar-refractivity contribution in [2.24, 2.45) is 0 Å². The molecule has 0 bridgehead atoms. The third-order valence-corrected chi connectivity index (χ3v) is 1.54. The van der Waals surface area contributed by atoms with Crippen LogP contribution >= 0.6 is 0 Å². The van der Waals surface area contributed by atoms with Gasteiger partial charge in [-0.15, -0.1) is 6.58 Å². The number of hydrogen-bond donors (Lipinski definition) is 2. The summed E-state index contributed by atoms with van der Waals surface area (Å²) >= 11 is 0. The van der Waals surface area contributed by atoms with Crippen molar-refractivity contribution in [2.75, 3.05) is 6.54 Å². The predicted molar refractivity (Wildman–Crippen MR) is 39.6 cm³/mol. The Hall–Kier alpha value is -0.830. The van der Waals surface area contributed by atoms with Crippen LogP contribution in [-0.2, 0) is 4.79 Å². The Morgan fingerprint density at radius 1 is 1.90 bits per heavy atom. The third kappa shape index (κ3) is 1.57. The van der Waals surface area contributed by atoms with E-state index in [9.17, 15) is 4.79 Å². The summed E-state index contributed by atoms with van der Waals surface area (Å²) in [5, 5.41) is 5.70. The lowest BCUT2D eigenvalue weighted by atomic mass is 10.3. The van der Waals surface area contributed by atoms with Crippen molar-refractivity contribution >= 4 is 5.91 Å². The largest absolute Gasteiger partial charge is 0.351 e. The van der Waals surface area contributed by atoms with E-state index in [-0.39, 0.29) is 11.9 Å². The van der Waals surface area contributed by atoms with Gasteiger partial charge in [-0.1, -0.05) is 6.08 Å². The van der Waals surface area contributed by atoms with Crippen molar-refractivity contribution in [1.29, 1.82) is 0 Å². The Kier molecular flexibility index (Phi) is 2.06. The van der Waals surface area contributed by atoms with Crippen LogP contribution in [0, 0.1) is 0 Å². The molecule has 56 valence electrons. The molecule has 3 nitrogen and oxygen atoms in total. The minimum absolute atomic E-state index is 0.0416. The van der Waals surface area contributed by atoms with Crippen LogP contribution in [0.25, 0.3) is 0 Å². The van der Waals surface area contributed by atoms with E-state index in [1.807, 2.05) is 6.92 Å². The number of amides is 1. The van der Waals surface area contributed by atoms with Gasteiger partial charge in [-0.3, -0.25) is 10.1 Å². The lowest BCUT2D eigenvalue weighted by Crippen LogP contribution is -2.29. The molecule has 0 aliphatic carbocycles. The first-order valence-electron chi connectivity index (χ1n) is 3.40. The van der Waals surface area contributed by atoms with Crippen molar-refractivity contribution in [3.63, 3.8) is 0 Å². The third-order valence-electron chi connectivity index (χ3n) is 1.54. The normalized spacial score (nSPS) is 29.3. The SMILES string of the molecule is C=CCNC(=O)[C@H]1N[C@@H]1C. The predicted octanol–water partition coefficient (Wildman–Crippen LogP) is -0.351. The molecule has 3 heteroatoms. The van der Waals surface area contributed by atoms with Gasteiger partial charge in [0.2, 0.25) is 5.91 Å². The summed E-state index contributed by atoms with van der Waals surface area (Å²) in [6.07, 6.45) is 1.67. The highest BCUT2D eigenvalue weighted by Crippen LogP contribution is 2.08. The van der Waals surface area contributed by atoms with Crippen molar-refractivity contribution < 1.29 is 4.79 Å². The number of carbonyl (C=O) groups is 1. The number of carbonyl (C=O) groups excluding carboxylic acids is 1. The maximum Gasteiger partial charge on any atom is 0.238 e. The van der Waals surface area contributed by atoms with Crippen molar-refractivity contribution in [3.8, 4) is 0 Å². The van der Waals surface area contributed by atoms with Crippen LogP contribution in [-0.4, -0.2) is 24.5 Å². The molecule has 10 heavy (non-hydrogen) atoms. The standard InChI is InChI=1S/C7H12N2O/c1-3-4-8-7(10)6-5(2)9-6/h3,5-6,9H,1,4H2,2H3,(H,8,10)/t5-,6+/m1/s1. The molecule has 0 radical (unpaired) electrons. The maximum atomic E-state index is 11.0. The molecule has 0 spiro atoms. The van der Waals surface area contributed by atoms with Gasteiger partial charge in [-0.25, -0.2) is 0 Å². The molecule has 1 fully saturated rings. The molecule has 2 atom stereocenters. The van der Waals surface area contributed by atoms with Gasteiger partial charge < -0.3 is 5.32 Å². The average molecular weight is 140 g/mol. The van der Waals surface area contributed by atoms with Crippen molar-refractivity contribution in [1.82, 2.24) is 10.6 Å². The Bertz CT molecular complexity index is 156. The van der Waals surface area contributed by atoms with E-state index in [0.717, 1.165) is 0 Å². The molecule has 1 heterocycles. The molecule has 1 aliphatic heterocycles. The van der Waals surface area contributed by atoms with Gasteiger partial charge in [0.15, 0.2) is 0 Å². The van der Waals surface area contributed by atoms with Gasteiger partial charge >= 0.3 is 0 Å². The number of rotatable bonds is 3. The molecule has 1 saturated heterocycles. The molecule has 1 rings (SSSR count). The van der Waals surface area contributed by atoms with E-state index < -0.39 is 0 Å². The average Bonchev–Trinajstić information content (AvgIpc) is 2.62. The van der Waals surface area contributed by atoms with Gasteiger partial charge in [0.1, 0.15) is 6.04 Å². The monoisotopic (exact) mass is 140 g/mol. The minimum atomic E-state index is 0.0416. The molecule has 1 amide bonds. The van der Waals surface area contributed by atoms with Crippen LogP contribution in [0.5, 0.6) is 0 Å². The van der Waals surface area contributed by atoms with Gasteiger partial charge in [0.25, 0.3) is 0 Å². The lowest BCUT2D eigenvalue weighted by Gasteiger charge is -1.96. The number of hydrogen-bond acceptors (Lipinski definition) is 2. The van der Waals surface area contributed by atoms with Crippen LogP contribution in [0.2, 0.25) is 0 Å². The fourth-order valence-electron chi connectivity index (χ4n) is 0.813. The zero-order valence-corrected chi connectivity index (χ0v) is 6.05. The topological polar surface area (TPSA) is 51.0 Å². The minimum Gasteiger partial charge on any atom is -0.351 e. The summed E-state index contributed by atoms with van der Waals surface area (Å²) in [5.41, 5.74) is 0. The molecule has 1 aliphatic rings. The quantitative estimate of drug-likeness (QED) is 0.416. The van der Waals surface area contributed by atoms with Crippen LogP contribution in [0.15, 0.2) is 12.7 Å². The molecule has 2 N–H and O–H groups in total. The summed E-state index contributed by atoms with van der Waals surface area (Å²) in [5.74, 6) is 0.0763. The van der Waals surface area contributed by atoms with Crippen molar-refractivity contribution in [2.45, 2.75) is 19.0 Å². The van der Waals surface area contributed by atoms with Crippen LogP contribution in [0.3, 0.4) is 0 Å². The second-order valence-corrected chi connectivity index (χ2v) is 2.47. The molecule has 0 aromatic heterocycles. The Balaban J connectivity index is 2.16. The van der Waals surface area contributed by atoms with Gasteiger partial charge in [0.05, 0.1) is 0 Å². The molecule has 0 unspecified atom stereocenters. The van der Waals surface area contributed by atoms with E-state index in [4.69, 9.17) is 0 Å². The Morgan fingerprint density at radius 3 is 2.90 bits per heavy atom. The van der Waals surface area contributed by atoms with E-state index in [1.54, 1.807) is 6.08 Å². The summed E-state index contributed by atoms with van der Waals surface area (Å²) in [7, 11) is 0. The smallest absolute Gasteiger partial charge is 0.238 e. The number of nitrogens with one attached hydrogen (secondary N) is 2. The zero-order chi connectivity index (χ0) is 7.56. The highest BCUT2D eigenvalue weighted by atomic mass is 16.2. The lowest BCUT2D eigenvalue weighted by molar-refractivity contribution is -0.120. The second-order valence-electron chi connectivity index (χ2n) is 2.47. The van der Waals surface area contributed by atoms with Gasteiger partial charge in [0, 0.05) is 12.6 Å².